The lowest BCUT2D eigenvalue weighted by Crippen LogP contribution is -2.34. The van der Waals surface area contributed by atoms with Crippen LogP contribution in [0.25, 0.3) is 0 Å². The van der Waals surface area contributed by atoms with Crippen molar-refractivity contribution in [3.05, 3.63) is 0 Å². The first-order valence-electron chi connectivity index (χ1n) is 7.11. The molecule has 0 spiro atoms. The van der Waals surface area contributed by atoms with E-state index >= 15 is 0 Å². The largest absolute Gasteiger partial charge is 0.378 e. The third-order valence-electron chi connectivity index (χ3n) is 3.61. The third-order valence-corrected chi connectivity index (χ3v) is 3.61. The maximum Gasteiger partial charge on any atom is 0.245 e. The summed E-state index contributed by atoms with van der Waals surface area (Å²) in [5.74, 6) is -0.0733. The van der Waals surface area contributed by atoms with Crippen LogP contribution in [0.2, 0.25) is 0 Å². The molecule has 2 aliphatic rings. The van der Waals surface area contributed by atoms with Gasteiger partial charge in [0.15, 0.2) is 0 Å². The predicted octanol–water partition coefficient (Wildman–Crippen LogP) is 1.14. The molecule has 0 aromatic rings. The minimum atomic E-state index is -0.0733. The molecule has 2 N–H and O–H groups in total. The van der Waals surface area contributed by atoms with Gasteiger partial charge in [0.2, 0.25) is 5.91 Å². The molecule has 0 aromatic carbocycles. The van der Waals surface area contributed by atoms with Crippen molar-refractivity contribution in [2.45, 2.75) is 57.2 Å². The Hall–Kier alpha value is -0.650. The molecule has 1 saturated carbocycles. The highest BCUT2D eigenvalue weighted by molar-refractivity contribution is 5.74. The number of rotatable bonds is 6. The summed E-state index contributed by atoms with van der Waals surface area (Å²) < 4.78 is 5.67. The molecule has 0 radical (unpaired) electrons. The van der Waals surface area contributed by atoms with Gasteiger partial charge in [0.05, 0.1) is 25.2 Å². The molecule has 0 aromatic heterocycles. The molecule has 2 rings (SSSR count). The van der Waals surface area contributed by atoms with Crippen LogP contribution in [0.3, 0.4) is 0 Å². The summed E-state index contributed by atoms with van der Waals surface area (Å²) in [6.07, 6.45) is 7.54. The minimum absolute atomic E-state index is 0.0733. The van der Waals surface area contributed by atoms with Crippen molar-refractivity contribution in [3.8, 4) is 0 Å². The van der Waals surface area contributed by atoms with Crippen LogP contribution >= 0.6 is 0 Å². The molecule has 18 heavy (non-hydrogen) atoms. The Labute approximate surface area is 109 Å². The van der Waals surface area contributed by atoms with Gasteiger partial charge in [-0.15, -0.1) is 0 Å². The predicted molar refractivity (Wildman–Crippen MR) is 67.9 cm³/mol. The standard InChI is InChI=1S/C13H24N2O3/c16-13(15-18-12-3-1-2-4-12)7-10-17-11-5-8-14-9-6-11/h11-12,14H,1-10H2,(H,15,16). The van der Waals surface area contributed by atoms with E-state index < -0.39 is 0 Å². The zero-order valence-electron chi connectivity index (χ0n) is 11.0. The number of amides is 1. The molecule has 1 aliphatic carbocycles. The van der Waals surface area contributed by atoms with E-state index in [0.29, 0.717) is 19.1 Å². The number of piperidine rings is 1. The molecular weight excluding hydrogens is 232 g/mol. The molecule has 0 atom stereocenters. The Kier molecular flexibility index (Phi) is 5.90. The average Bonchev–Trinajstić information content (AvgIpc) is 2.91. The van der Waals surface area contributed by atoms with Gasteiger partial charge in [-0.2, -0.15) is 0 Å². The molecule has 0 bridgehead atoms. The van der Waals surface area contributed by atoms with Crippen molar-refractivity contribution in [3.63, 3.8) is 0 Å². The van der Waals surface area contributed by atoms with E-state index in [1.54, 1.807) is 0 Å². The van der Waals surface area contributed by atoms with Crippen LogP contribution in [-0.4, -0.2) is 37.8 Å². The zero-order chi connectivity index (χ0) is 12.6. The number of nitrogens with one attached hydrogen (secondary N) is 2. The third kappa shape index (κ3) is 4.92. The zero-order valence-corrected chi connectivity index (χ0v) is 11.0. The fourth-order valence-corrected chi connectivity index (χ4v) is 2.49. The van der Waals surface area contributed by atoms with E-state index in [1.165, 1.54) is 12.8 Å². The highest BCUT2D eigenvalue weighted by Crippen LogP contribution is 2.19. The summed E-state index contributed by atoms with van der Waals surface area (Å²) in [5.41, 5.74) is 2.53. The Bertz CT molecular complexity index is 249. The molecule has 1 amide bonds. The summed E-state index contributed by atoms with van der Waals surface area (Å²) in [6, 6.07) is 0. The molecule has 5 heteroatoms. The van der Waals surface area contributed by atoms with Gasteiger partial charge in [0.1, 0.15) is 0 Å². The molecule has 1 heterocycles. The number of carbonyl (C=O) groups excluding carboxylic acids is 1. The van der Waals surface area contributed by atoms with Gasteiger partial charge in [-0.3, -0.25) is 9.63 Å². The van der Waals surface area contributed by atoms with Crippen molar-refractivity contribution >= 4 is 5.91 Å². The van der Waals surface area contributed by atoms with Gasteiger partial charge < -0.3 is 10.1 Å². The second-order valence-electron chi connectivity index (χ2n) is 5.12. The Morgan fingerprint density at radius 1 is 1.11 bits per heavy atom. The van der Waals surface area contributed by atoms with Crippen LogP contribution in [0.5, 0.6) is 0 Å². The minimum Gasteiger partial charge on any atom is -0.378 e. The number of hydrogen-bond donors (Lipinski definition) is 2. The van der Waals surface area contributed by atoms with Gasteiger partial charge in [0.25, 0.3) is 0 Å². The van der Waals surface area contributed by atoms with E-state index in [4.69, 9.17) is 9.57 Å². The summed E-state index contributed by atoms with van der Waals surface area (Å²) in [7, 11) is 0. The number of hydroxylamine groups is 1. The van der Waals surface area contributed by atoms with Crippen LogP contribution in [0.4, 0.5) is 0 Å². The lowest BCUT2D eigenvalue weighted by molar-refractivity contribution is -0.139. The van der Waals surface area contributed by atoms with Crippen molar-refractivity contribution < 1.29 is 14.4 Å². The van der Waals surface area contributed by atoms with Crippen molar-refractivity contribution in [1.29, 1.82) is 0 Å². The average molecular weight is 256 g/mol. The van der Waals surface area contributed by atoms with Crippen LogP contribution in [-0.2, 0) is 14.4 Å². The lowest BCUT2D eigenvalue weighted by atomic mass is 10.1. The maximum absolute atomic E-state index is 11.5. The molecule has 1 saturated heterocycles. The summed E-state index contributed by atoms with van der Waals surface area (Å²) in [6.45, 7) is 2.52. The van der Waals surface area contributed by atoms with Gasteiger partial charge >= 0.3 is 0 Å². The first-order valence-corrected chi connectivity index (χ1v) is 7.11. The monoisotopic (exact) mass is 256 g/mol. The van der Waals surface area contributed by atoms with Crippen molar-refractivity contribution in [1.82, 2.24) is 10.8 Å². The fourth-order valence-electron chi connectivity index (χ4n) is 2.49. The second kappa shape index (κ2) is 7.71. The SMILES string of the molecule is O=C(CCOC1CCNCC1)NOC1CCCC1. The summed E-state index contributed by atoms with van der Waals surface area (Å²) >= 11 is 0. The highest BCUT2D eigenvalue weighted by Gasteiger charge is 2.17. The smallest absolute Gasteiger partial charge is 0.245 e. The van der Waals surface area contributed by atoms with E-state index in [0.717, 1.165) is 38.8 Å². The lowest BCUT2D eigenvalue weighted by Gasteiger charge is -2.22. The van der Waals surface area contributed by atoms with E-state index in [2.05, 4.69) is 10.8 Å². The highest BCUT2D eigenvalue weighted by atomic mass is 16.7. The Balaban J connectivity index is 1.48. The number of hydrogen-bond acceptors (Lipinski definition) is 4. The second-order valence-corrected chi connectivity index (χ2v) is 5.12. The number of ether oxygens (including phenoxy) is 1. The van der Waals surface area contributed by atoms with Gasteiger partial charge in [-0.05, 0) is 38.8 Å². The first kappa shape index (κ1) is 13.8. The van der Waals surface area contributed by atoms with Crippen LogP contribution in [0.15, 0.2) is 0 Å². The van der Waals surface area contributed by atoms with Crippen molar-refractivity contribution in [2.75, 3.05) is 19.7 Å². The summed E-state index contributed by atoms with van der Waals surface area (Å²) in [5, 5.41) is 3.29. The first-order chi connectivity index (χ1) is 8.84. The maximum atomic E-state index is 11.5. The fraction of sp³-hybridized carbons (Fsp3) is 0.923. The van der Waals surface area contributed by atoms with E-state index in [1.807, 2.05) is 0 Å². The van der Waals surface area contributed by atoms with Crippen LogP contribution < -0.4 is 10.8 Å². The topological polar surface area (TPSA) is 59.6 Å². The van der Waals surface area contributed by atoms with Gasteiger partial charge in [-0.25, -0.2) is 5.48 Å². The molecule has 1 aliphatic heterocycles. The van der Waals surface area contributed by atoms with Gasteiger partial charge in [0, 0.05) is 0 Å². The normalized spacial score (nSPS) is 22.2. The van der Waals surface area contributed by atoms with E-state index in [-0.39, 0.29) is 12.0 Å². The Morgan fingerprint density at radius 2 is 1.83 bits per heavy atom. The number of carbonyl (C=O) groups is 1. The Morgan fingerprint density at radius 3 is 2.56 bits per heavy atom. The van der Waals surface area contributed by atoms with E-state index in [9.17, 15) is 4.79 Å². The van der Waals surface area contributed by atoms with Crippen LogP contribution in [0, 0.1) is 0 Å². The molecule has 104 valence electrons. The molecule has 5 nitrogen and oxygen atoms in total. The van der Waals surface area contributed by atoms with Crippen LogP contribution in [0.1, 0.15) is 44.9 Å². The van der Waals surface area contributed by atoms with Gasteiger partial charge in [-0.1, -0.05) is 12.8 Å². The molecule has 2 fully saturated rings. The van der Waals surface area contributed by atoms with Crippen molar-refractivity contribution in [2.24, 2.45) is 0 Å². The quantitative estimate of drug-likeness (QED) is 0.700. The molecular formula is C13H24N2O3. The summed E-state index contributed by atoms with van der Waals surface area (Å²) in [4.78, 5) is 16.9. The molecule has 0 unspecified atom stereocenters.